The molecule has 1 N–H and O–H groups in total. The molecule has 0 heterocycles. The van der Waals surface area contributed by atoms with Crippen LogP contribution in [0.5, 0.6) is 5.75 Å². The number of benzene rings is 2. The van der Waals surface area contributed by atoms with Gasteiger partial charge in [-0.05, 0) is 43.7 Å². The Kier molecular flexibility index (Phi) is 5.54. The van der Waals surface area contributed by atoms with Crippen LogP contribution in [0.3, 0.4) is 0 Å². The highest BCUT2D eigenvalue weighted by Gasteiger charge is 2.11. The van der Waals surface area contributed by atoms with Crippen LogP contribution in [0.2, 0.25) is 0 Å². The lowest BCUT2D eigenvalue weighted by molar-refractivity contribution is -0.112. The summed E-state index contributed by atoms with van der Waals surface area (Å²) in [6, 6.07) is 16.7. The van der Waals surface area contributed by atoms with Crippen LogP contribution in [0.25, 0.3) is 6.08 Å². The third-order valence-electron chi connectivity index (χ3n) is 3.16. The first-order valence-electron chi connectivity index (χ1n) is 7.35. The van der Waals surface area contributed by atoms with E-state index in [1.165, 1.54) is 6.08 Å². The van der Waals surface area contributed by atoms with Crippen LogP contribution in [0.15, 0.2) is 54.1 Å². The van der Waals surface area contributed by atoms with Gasteiger partial charge < -0.3 is 10.1 Å². The first-order chi connectivity index (χ1) is 11.1. The molecule has 2 aromatic carbocycles. The third-order valence-corrected chi connectivity index (χ3v) is 3.16. The Bertz CT molecular complexity index is 773. The summed E-state index contributed by atoms with van der Waals surface area (Å²) >= 11 is 0. The zero-order chi connectivity index (χ0) is 16.7. The predicted molar refractivity (Wildman–Crippen MR) is 91.0 cm³/mol. The van der Waals surface area contributed by atoms with Crippen molar-refractivity contribution in [2.45, 2.75) is 13.8 Å². The van der Waals surface area contributed by atoms with E-state index >= 15 is 0 Å². The van der Waals surface area contributed by atoms with Crippen molar-refractivity contribution in [2.24, 2.45) is 0 Å². The summed E-state index contributed by atoms with van der Waals surface area (Å²) in [6.07, 6.45) is 1.54. The maximum absolute atomic E-state index is 12.3. The number of para-hydroxylation sites is 1. The van der Waals surface area contributed by atoms with Gasteiger partial charge in [0.2, 0.25) is 0 Å². The predicted octanol–water partition coefficient (Wildman–Crippen LogP) is 3.94. The van der Waals surface area contributed by atoms with Crippen LogP contribution in [0, 0.1) is 18.3 Å². The average Bonchev–Trinajstić information content (AvgIpc) is 2.54. The summed E-state index contributed by atoms with van der Waals surface area (Å²) < 4.78 is 5.51. The molecule has 0 unspecified atom stereocenters. The summed E-state index contributed by atoms with van der Waals surface area (Å²) in [5.41, 5.74) is 2.42. The quantitative estimate of drug-likeness (QED) is 0.672. The number of carbonyl (C=O) groups is 1. The summed E-state index contributed by atoms with van der Waals surface area (Å²) in [6.45, 7) is 4.34. The molecule has 116 valence electrons. The first-order valence-corrected chi connectivity index (χ1v) is 7.35. The number of carbonyl (C=O) groups excluding carboxylic acids is 1. The summed E-state index contributed by atoms with van der Waals surface area (Å²) in [5.74, 6) is 0.204. The lowest BCUT2D eigenvalue weighted by atomic mass is 10.1. The first kappa shape index (κ1) is 16.3. The van der Waals surface area contributed by atoms with Crippen LogP contribution in [-0.2, 0) is 4.79 Å². The van der Waals surface area contributed by atoms with Gasteiger partial charge in [0.25, 0.3) is 5.91 Å². The fourth-order valence-electron chi connectivity index (χ4n) is 2.11. The van der Waals surface area contributed by atoms with E-state index in [4.69, 9.17) is 4.74 Å². The molecule has 0 aliphatic heterocycles. The van der Waals surface area contributed by atoms with E-state index in [1.54, 1.807) is 6.07 Å². The lowest BCUT2D eigenvalue weighted by Gasteiger charge is -2.08. The summed E-state index contributed by atoms with van der Waals surface area (Å²) in [5, 5.41) is 12.0. The molecule has 2 rings (SSSR count). The maximum atomic E-state index is 12.3. The van der Waals surface area contributed by atoms with Crippen LogP contribution < -0.4 is 10.1 Å². The molecular weight excluding hydrogens is 288 g/mol. The number of aryl methyl sites for hydroxylation is 1. The lowest BCUT2D eigenvalue weighted by Crippen LogP contribution is -2.13. The number of nitriles is 1. The van der Waals surface area contributed by atoms with E-state index in [0.717, 1.165) is 5.56 Å². The molecule has 0 saturated carbocycles. The molecule has 0 aliphatic rings. The largest absolute Gasteiger partial charge is 0.493 e. The van der Waals surface area contributed by atoms with E-state index in [-0.39, 0.29) is 5.57 Å². The molecule has 23 heavy (non-hydrogen) atoms. The highest BCUT2D eigenvalue weighted by molar-refractivity contribution is 6.09. The van der Waals surface area contributed by atoms with Crippen molar-refractivity contribution in [3.63, 3.8) is 0 Å². The SMILES string of the molecule is CCOc1ccccc1/C=C(/C#N)C(=O)Nc1cccc(C)c1. The second-order valence-electron chi connectivity index (χ2n) is 4.96. The smallest absolute Gasteiger partial charge is 0.266 e. The Hall–Kier alpha value is -3.06. The third kappa shape index (κ3) is 4.45. The van der Waals surface area contributed by atoms with E-state index in [2.05, 4.69) is 5.32 Å². The highest BCUT2D eigenvalue weighted by Crippen LogP contribution is 2.21. The molecule has 2 aromatic rings. The van der Waals surface area contributed by atoms with Crippen molar-refractivity contribution >= 4 is 17.7 Å². The van der Waals surface area contributed by atoms with Crippen molar-refractivity contribution in [1.29, 1.82) is 5.26 Å². The molecule has 0 aromatic heterocycles. The second-order valence-corrected chi connectivity index (χ2v) is 4.96. The number of anilines is 1. The Morgan fingerprint density at radius 3 is 2.74 bits per heavy atom. The number of ether oxygens (including phenoxy) is 1. The Morgan fingerprint density at radius 2 is 2.04 bits per heavy atom. The minimum absolute atomic E-state index is 0.0265. The van der Waals surface area contributed by atoms with Gasteiger partial charge in [0.15, 0.2) is 0 Å². The van der Waals surface area contributed by atoms with Crippen LogP contribution in [-0.4, -0.2) is 12.5 Å². The molecule has 0 saturated heterocycles. The maximum Gasteiger partial charge on any atom is 0.266 e. The number of nitrogens with zero attached hydrogens (tertiary/aromatic N) is 1. The normalized spacial score (nSPS) is 10.7. The summed E-state index contributed by atoms with van der Waals surface area (Å²) in [4.78, 5) is 12.3. The number of amides is 1. The number of nitrogens with one attached hydrogen (secondary N) is 1. The Labute approximate surface area is 136 Å². The van der Waals surface area contributed by atoms with Crippen molar-refractivity contribution in [1.82, 2.24) is 0 Å². The Balaban J connectivity index is 2.25. The second kappa shape index (κ2) is 7.81. The van der Waals surface area contributed by atoms with E-state index < -0.39 is 5.91 Å². The topological polar surface area (TPSA) is 62.1 Å². The summed E-state index contributed by atoms with van der Waals surface area (Å²) in [7, 11) is 0. The zero-order valence-corrected chi connectivity index (χ0v) is 13.2. The standard InChI is InChI=1S/C19H18N2O2/c1-3-23-18-10-5-4-8-15(18)12-16(13-20)19(22)21-17-9-6-7-14(2)11-17/h4-12H,3H2,1-2H3,(H,21,22)/b16-12-. The van der Waals surface area contributed by atoms with Crippen molar-refractivity contribution in [3.05, 3.63) is 65.2 Å². The molecular formula is C19H18N2O2. The fourth-order valence-corrected chi connectivity index (χ4v) is 2.11. The van der Waals surface area contributed by atoms with Gasteiger partial charge in [0.05, 0.1) is 6.61 Å². The minimum atomic E-state index is -0.440. The molecule has 1 amide bonds. The monoisotopic (exact) mass is 306 g/mol. The highest BCUT2D eigenvalue weighted by atomic mass is 16.5. The van der Waals surface area contributed by atoms with Gasteiger partial charge in [0, 0.05) is 11.3 Å². The van der Waals surface area contributed by atoms with Crippen molar-refractivity contribution < 1.29 is 9.53 Å². The van der Waals surface area contributed by atoms with Gasteiger partial charge in [-0.1, -0.05) is 30.3 Å². The zero-order valence-electron chi connectivity index (χ0n) is 13.2. The number of hydrogen-bond donors (Lipinski definition) is 1. The molecule has 0 fully saturated rings. The molecule has 0 aliphatic carbocycles. The van der Waals surface area contributed by atoms with Crippen molar-refractivity contribution in [3.8, 4) is 11.8 Å². The van der Waals surface area contributed by atoms with Crippen LogP contribution in [0.4, 0.5) is 5.69 Å². The molecule has 0 radical (unpaired) electrons. The molecule has 0 atom stereocenters. The van der Waals surface area contributed by atoms with Gasteiger partial charge >= 0.3 is 0 Å². The van der Waals surface area contributed by atoms with E-state index in [0.29, 0.717) is 23.6 Å². The van der Waals surface area contributed by atoms with Gasteiger partial charge in [-0.25, -0.2) is 0 Å². The van der Waals surface area contributed by atoms with E-state index in [1.807, 2.05) is 62.4 Å². The van der Waals surface area contributed by atoms with E-state index in [9.17, 15) is 10.1 Å². The van der Waals surface area contributed by atoms with Gasteiger partial charge in [-0.15, -0.1) is 0 Å². The molecule has 0 spiro atoms. The Morgan fingerprint density at radius 1 is 1.26 bits per heavy atom. The van der Waals surface area contributed by atoms with Gasteiger partial charge in [-0.2, -0.15) is 5.26 Å². The molecule has 4 heteroatoms. The van der Waals surface area contributed by atoms with Gasteiger partial charge in [-0.3, -0.25) is 4.79 Å². The average molecular weight is 306 g/mol. The van der Waals surface area contributed by atoms with Crippen LogP contribution >= 0.6 is 0 Å². The number of hydrogen-bond acceptors (Lipinski definition) is 3. The number of rotatable bonds is 5. The van der Waals surface area contributed by atoms with Gasteiger partial charge in [0.1, 0.15) is 17.4 Å². The molecule has 4 nitrogen and oxygen atoms in total. The van der Waals surface area contributed by atoms with Crippen LogP contribution in [0.1, 0.15) is 18.1 Å². The molecule has 0 bridgehead atoms. The van der Waals surface area contributed by atoms with Crippen molar-refractivity contribution in [2.75, 3.05) is 11.9 Å². The minimum Gasteiger partial charge on any atom is -0.493 e. The fraction of sp³-hybridized carbons (Fsp3) is 0.158.